The van der Waals surface area contributed by atoms with Crippen molar-refractivity contribution < 1.29 is 4.79 Å². The Hall–Kier alpha value is -0.180. The fourth-order valence-electron chi connectivity index (χ4n) is 0.830. The fourth-order valence-corrected chi connectivity index (χ4v) is 1.97. The van der Waals surface area contributed by atoms with Crippen LogP contribution < -0.4 is 0 Å². The Bertz CT molecular complexity index is 134. The second-order valence-corrected chi connectivity index (χ2v) is 4.98. The molecule has 0 aliphatic heterocycles. The third-order valence-electron chi connectivity index (χ3n) is 1.26. The van der Waals surface area contributed by atoms with E-state index < -0.39 is 0 Å². The van der Waals surface area contributed by atoms with Gasteiger partial charge in [0, 0.05) is 14.1 Å². The zero-order chi connectivity index (χ0) is 9.02. The number of amides is 1. The van der Waals surface area contributed by atoms with Crippen LogP contribution in [-0.2, 0) is 4.79 Å². The first-order chi connectivity index (χ1) is 4.95. The monoisotopic (exact) mass is 175 g/mol. The number of hydrogen-bond donors (Lipinski definition) is 0. The summed E-state index contributed by atoms with van der Waals surface area (Å²) < 4.78 is 0. The normalized spacial score (nSPS) is 13.3. The molecule has 0 N–H and O–H groups in total. The number of carbonyl (C=O) groups is 1. The Morgan fingerprint density at radius 3 is 2.00 bits per heavy atom. The molecule has 66 valence electrons. The molecule has 0 fully saturated rings. The van der Waals surface area contributed by atoms with Crippen molar-refractivity contribution in [1.29, 1.82) is 0 Å². The van der Waals surface area contributed by atoms with Crippen molar-refractivity contribution in [3.05, 3.63) is 0 Å². The van der Waals surface area contributed by atoms with Gasteiger partial charge in [-0.25, -0.2) is 0 Å². The molecule has 0 aromatic heterocycles. The number of carbonyl (C=O) groups excluding carboxylic acids is 1. The second-order valence-electron chi connectivity index (χ2n) is 3.06. The third kappa shape index (κ3) is 4.30. The highest BCUT2D eigenvalue weighted by Gasteiger charge is 2.15. The van der Waals surface area contributed by atoms with Gasteiger partial charge >= 0.3 is 0 Å². The Kier molecular flexibility index (Phi) is 4.57. The van der Waals surface area contributed by atoms with E-state index in [-0.39, 0.29) is 11.2 Å². The molecule has 0 saturated carbocycles. The molecule has 0 aliphatic rings. The van der Waals surface area contributed by atoms with Gasteiger partial charge in [0.15, 0.2) is 0 Å². The van der Waals surface area contributed by atoms with Crippen LogP contribution in [0.1, 0.15) is 20.8 Å². The molecule has 1 amide bonds. The van der Waals surface area contributed by atoms with Crippen molar-refractivity contribution in [2.75, 3.05) is 14.1 Å². The number of thioether (sulfide) groups is 1. The minimum Gasteiger partial charge on any atom is -0.348 e. The zero-order valence-corrected chi connectivity index (χ0v) is 8.73. The van der Waals surface area contributed by atoms with E-state index in [2.05, 4.69) is 13.8 Å². The smallest absolute Gasteiger partial charge is 0.234 e. The predicted octanol–water partition coefficient (Wildman–Crippen LogP) is 1.60. The van der Waals surface area contributed by atoms with Gasteiger partial charge in [0.2, 0.25) is 5.91 Å². The van der Waals surface area contributed by atoms with Crippen molar-refractivity contribution >= 4 is 17.7 Å². The average molecular weight is 175 g/mol. The number of hydrogen-bond acceptors (Lipinski definition) is 2. The van der Waals surface area contributed by atoms with Crippen LogP contribution in [0.15, 0.2) is 0 Å². The van der Waals surface area contributed by atoms with Gasteiger partial charge in [-0.2, -0.15) is 0 Å². The maximum Gasteiger partial charge on any atom is 0.234 e. The molecule has 1 atom stereocenters. The highest BCUT2D eigenvalue weighted by atomic mass is 32.2. The van der Waals surface area contributed by atoms with Gasteiger partial charge in [0.1, 0.15) is 0 Å². The first-order valence-corrected chi connectivity index (χ1v) is 4.76. The molecular formula is C8H17NOS. The summed E-state index contributed by atoms with van der Waals surface area (Å²) in [6.45, 7) is 6.15. The Balaban J connectivity index is 3.83. The third-order valence-corrected chi connectivity index (χ3v) is 2.42. The lowest BCUT2D eigenvalue weighted by Crippen LogP contribution is -2.30. The number of rotatable bonds is 3. The lowest BCUT2D eigenvalue weighted by atomic mass is 10.4. The van der Waals surface area contributed by atoms with E-state index in [4.69, 9.17) is 0 Å². The van der Waals surface area contributed by atoms with Gasteiger partial charge in [-0.05, 0) is 12.2 Å². The molecule has 0 aromatic carbocycles. The minimum absolute atomic E-state index is 0.0880. The van der Waals surface area contributed by atoms with Gasteiger partial charge in [-0.15, -0.1) is 11.8 Å². The van der Waals surface area contributed by atoms with Crippen LogP contribution in [0.25, 0.3) is 0 Å². The van der Waals surface area contributed by atoms with Crippen LogP contribution >= 0.6 is 11.8 Å². The van der Waals surface area contributed by atoms with Gasteiger partial charge in [-0.1, -0.05) is 13.8 Å². The Morgan fingerprint density at radius 2 is 1.73 bits per heavy atom. The topological polar surface area (TPSA) is 20.3 Å². The molecular weight excluding hydrogens is 158 g/mol. The summed E-state index contributed by atoms with van der Waals surface area (Å²) in [7, 11) is 3.58. The Labute approximate surface area is 73.3 Å². The van der Waals surface area contributed by atoms with Crippen molar-refractivity contribution in [1.82, 2.24) is 4.90 Å². The van der Waals surface area contributed by atoms with Gasteiger partial charge in [0.25, 0.3) is 0 Å². The minimum atomic E-state index is 0.0880. The summed E-state index contributed by atoms with van der Waals surface area (Å²) in [6.07, 6.45) is 0. The van der Waals surface area contributed by atoms with Crippen LogP contribution in [0, 0.1) is 0 Å². The highest BCUT2D eigenvalue weighted by Crippen LogP contribution is 2.17. The zero-order valence-electron chi connectivity index (χ0n) is 7.92. The maximum atomic E-state index is 11.3. The number of nitrogens with zero attached hydrogens (tertiary/aromatic N) is 1. The van der Waals surface area contributed by atoms with Gasteiger partial charge in [0.05, 0.1) is 5.25 Å². The summed E-state index contributed by atoms with van der Waals surface area (Å²) in [6, 6.07) is 0. The van der Waals surface area contributed by atoms with E-state index in [0.29, 0.717) is 5.25 Å². The summed E-state index contributed by atoms with van der Waals surface area (Å²) in [5, 5.41) is 0.610. The molecule has 0 rings (SSSR count). The molecule has 0 radical (unpaired) electrons. The molecule has 0 aromatic rings. The fraction of sp³-hybridized carbons (Fsp3) is 0.875. The first-order valence-electron chi connectivity index (χ1n) is 3.81. The van der Waals surface area contributed by atoms with E-state index in [1.165, 1.54) is 0 Å². The van der Waals surface area contributed by atoms with Crippen molar-refractivity contribution in [3.8, 4) is 0 Å². The van der Waals surface area contributed by atoms with E-state index in [0.717, 1.165) is 0 Å². The van der Waals surface area contributed by atoms with Crippen LogP contribution in [-0.4, -0.2) is 35.4 Å². The lowest BCUT2D eigenvalue weighted by Gasteiger charge is -2.17. The maximum absolute atomic E-state index is 11.3. The van der Waals surface area contributed by atoms with Crippen molar-refractivity contribution in [2.45, 2.75) is 31.3 Å². The highest BCUT2D eigenvalue weighted by molar-refractivity contribution is 8.01. The quantitative estimate of drug-likeness (QED) is 0.649. The average Bonchev–Trinajstić information content (AvgIpc) is 1.84. The molecule has 0 bridgehead atoms. The predicted molar refractivity (Wildman–Crippen MR) is 50.9 cm³/mol. The van der Waals surface area contributed by atoms with E-state index >= 15 is 0 Å². The van der Waals surface area contributed by atoms with Gasteiger partial charge in [-0.3, -0.25) is 4.79 Å². The summed E-state index contributed by atoms with van der Waals surface area (Å²) in [5.74, 6) is 0.198. The molecule has 3 heteroatoms. The molecule has 2 nitrogen and oxygen atoms in total. The molecule has 0 heterocycles. The van der Waals surface area contributed by atoms with E-state index in [1.807, 2.05) is 6.92 Å². The standard InChI is InChI=1S/C8H17NOS/c1-6(2)11-7(3)8(10)9(4)5/h6-7H,1-5H3. The SMILES string of the molecule is CC(C)SC(C)C(=O)N(C)C. The van der Waals surface area contributed by atoms with Crippen LogP contribution in [0.2, 0.25) is 0 Å². The van der Waals surface area contributed by atoms with Gasteiger partial charge < -0.3 is 4.90 Å². The molecule has 0 spiro atoms. The first kappa shape index (κ1) is 10.8. The van der Waals surface area contributed by atoms with Crippen LogP contribution in [0.3, 0.4) is 0 Å². The van der Waals surface area contributed by atoms with Crippen LogP contribution in [0.4, 0.5) is 0 Å². The van der Waals surface area contributed by atoms with Crippen molar-refractivity contribution in [3.63, 3.8) is 0 Å². The molecule has 11 heavy (non-hydrogen) atoms. The molecule has 1 unspecified atom stereocenters. The Morgan fingerprint density at radius 1 is 1.27 bits per heavy atom. The molecule has 0 saturated heterocycles. The summed E-state index contributed by atoms with van der Waals surface area (Å²) >= 11 is 1.70. The molecule has 0 aliphatic carbocycles. The largest absolute Gasteiger partial charge is 0.348 e. The summed E-state index contributed by atoms with van der Waals surface area (Å²) in [5.41, 5.74) is 0. The summed E-state index contributed by atoms with van der Waals surface area (Å²) in [4.78, 5) is 12.9. The van der Waals surface area contributed by atoms with E-state index in [1.54, 1.807) is 30.8 Å². The van der Waals surface area contributed by atoms with E-state index in [9.17, 15) is 4.79 Å². The van der Waals surface area contributed by atoms with Crippen LogP contribution in [0.5, 0.6) is 0 Å². The van der Waals surface area contributed by atoms with Crippen molar-refractivity contribution in [2.24, 2.45) is 0 Å². The lowest BCUT2D eigenvalue weighted by molar-refractivity contribution is -0.127. The second kappa shape index (κ2) is 4.65.